The van der Waals surface area contributed by atoms with Crippen molar-refractivity contribution in [1.29, 1.82) is 0 Å². The predicted molar refractivity (Wildman–Crippen MR) is 275 cm³/mol. The maximum Gasteiger partial charge on any atom is 0.272 e. The van der Waals surface area contributed by atoms with E-state index >= 15 is 4.39 Å². The first-order valence-corrected chi connectivity index (χ1v) is 26.0. The summed E-state index contributed by atoms with van der Waals surface area (Å²) in [5.74, 6) is -0.261. The van der Waals surface area contributed by atoms with Crippen LogP contribution in [0.25, 0.3) is 10.8 Å². The lowest BCUT2D eigenvalue weighted by atomic mass is 9.90. The van der Waals surface area contributed by atoms with Crippen LogP contribution in [0.4, 0.5) is 19.0 Å². The topological polar surface area (TPSA) is 169 Å². The molecular weight excluding hydrogens is 966 g/mol. The average molecular weight is 1030 g/mol. The molecule has 16 nitrogen and oxygen atoms in total. The van der Waals surface area contributed by atoms with Gasteiger partial charge in [-0.15, -0.1) is 5.10 Å². The number of likely N-dealkylation sites (tertiary alicyclic amines) is 2. The van der Waals surface area contributed by atoms with E-state index in [0.29, 0.717) is 91.3 Å². The Kier molecular flexibility index (Phi) is 16.1. The number of fused-ring (bicyclic) bond motifs is 1. The second-order valence-electron chi connectivity index (χ2n) is 19.9. The third kappa shape index (κ3) is 12.7. The Labute approximate surface area is 432 Å². The summed E-state index contributed by atoms with van der Waals surface area (Å²) in [4.78, 5) is 62.0. The van der Waals surface area contributed by atoms with Crippen molar-refractivity contribution in [3.8, 4) is 11.5 Å². The van der Waals surface area contributed by atoms with E-state index < -0.39 is 23.4 Å². The fraction of sp³-hybridized carbons (Fsp3) is 0.411. The number of hydrogen-bond acceptors (Lipinski definition) is 12. The van der Waals surface area contributed by atoms with E-state index in [2.05, 4.69) is 41.6 Å². The number of carbonyl (C=O) groups excluding carboxylic acids is 3. The number of anilines is 1. The molecule has 1 unspecified atom stereocenters. The number of piperidine rings is 3. The van der Waals surface area contributed by atoms with Crippen LogP contribution in [0, 0.1) is 17.5 Å². The zero-order valence-corrected chi connectivity index (χ0v) is 41.8. The van der Waals surface area contributed by atoms with Gasteiger partial charge in [-0.25, -0.2) is 18.3 Å². The molecule has 4 aliphatic rings. The van der Waals surface area contributed by atoms with Gasteiger partial charge in [-0.1, -0.05) is 42.5 Å². The van der Waals surface area contributed by atoms with Crippen LogP contribution in [-0.4, -0.2) is 148 Å². The number of carbonyl (C=O) groups is 3. The smallest absolute Gasteiger partial charge is 0.272 e. The number of rotatable bonds is 15. The molecule has 4 aromatic carbocycles. The summed E-state index contributed by atoms with van der Waals surface area (Å²) in [7, 11) is 0. The maximum atomic E-state index is 15.1. The lowest BCUT2D eigenvalue weighted by Crippen LogP contribution is -2.53. The van der Waals surface area contributed by atoms with Gasteiger partial charge in [0.2, 0.25) is 11.8 Å². The standard InChI is InChI=1S/C56H61F3N10O6/c57-41-12-11-39(50(59)30-41)32-60-34-53(70)69-18-4-6-40(35-69)38-5-3-7-44(29-38)75-45-31-52(63-61-33-45)66-21-16-43(17-22-66)74-42-14-19-65(20-15-42)36-54(71)67-23-25-68(26-24-67)56(73)48-27-37(10-13-49(48)58)28-51-46-8-1-2-9-47(46)55(72)64-62-51/h1-3,5,7-13,27,29-31,33,40,42-43,60H,4,6,14-26,28,32,34-36H2,(H,64,72). The largest absolute Gasteiger partial charge is 0.456 e. The lowest BCUT2D eigenvalue weighted by molar-refractivity contribution is -0.135. The summed E-state index contributed by atoms with van der Waals surface area (Å²) in [5.41, 5.74) is 2.37. The van der Waals surface area contributed by atoms with Crippen LogP contribution >= 0.6 is 0 Å². The monoisotopic (exact) mass is 1030 g/mol. The number of piperazine rings is 1. The third-order valence-corrected chi connectivity index (χ3v) is 14.9. The van der Waals surface area contributed by atoms with E-state index in [9.17, 15) is 28.0 Å². The summed E-state index contributed by atoms with van der Waals surface area (Å²) in [6.07, 6.45) is 7.27. The summed E-state index contributed by atoms with van der Waals surface area (Å²) in [6.45, 7) is 6.06. The van der Waals surface area contributed by atoms with Crippen molar-refractivity contribution in [2.24, 2.45) is 0 Å². The van der Waals surface area contributed by atoms with Gasteiger partial charge in [-0.05, 0) is 86.1 Å². The van der Waals surface area contributed by atoms with Crippen molar-refractivity contribution >= 4 is 34.3 Å². The highest BCUT2D eigenvalue weighted by atomic mass is 19.1. The highest BCUT2D eigenvalue weighted by molar-refractivity contribution is 5.95. The van der Waals surface area contributed by atoms with Crippen molar-refractivity contribution in [2.75, 3.05) is 83.4 Å². The Hall–Kier alpha value is -7.22. The second kappa shape index (κ2) is 23.5. The van der Waals surface area contributed by atoms with E-state index in [1.165, 1.54) is 18.2 Å². The Bertz CT molecular complexity index is 3070. The Balaban J connectivity index is 0.629. The first-order valence-electron chi connectivity index (χ1n) is 26.0. The Morgan fingerprint density at radius 2 is 1.47 bits per heavy atom. The minimum absolute atomic E-state index is 0.0161. The third-order valence-electron chi connectivity index (χ3n) is 14.9. The van der Waals surface area contributed by atoms with E-state index in [0.717, 1.165) is 82.2 Å². The Morgan fingerprint density at radius 3 is 2.25 bits per heavy atom. The molecule has 2 aromatic heterocycles. The molecule has 0 bridgehead atoms. The molecule has 0 spiro atoms. The zero-order valence-electron chi connectivity index (χ0n) is 41.8. The molecule has 3 amide bonds. The number of nitrogens with zero attached hydrogens (tertiary/aromatic N) is 8. The lowest BCUT2D eigenvalue weighted by Gasteiger charge is -2.38. The van der Waals surface area contributed by atoms with Crippen LogP contribution in [0.3, 0.4) is 0 Å². The molecule has 6 heterocycles. The number of halogens is 3. The summed E-state index contributed by atoms with van der Waals surface area (Å²) in [6, 6.07) is 24.9. The van der Waals surface area contributed by atoms with E-state index in [1.807, 2.05) is 41.3 Å². The number of hydrogen-bond donors (Lipinski definition) is 2. The van der Waals surface area contributed by atoms with Gasteiger partial charge >= 0.3 is 0 Å². The van der Waals surface area contributed by atoms with Crippen LogP contribution < -0.4 is 20.5 Å². The highest BCUT2D eigenvalue weighted by Crippen LogP contribution is 2.32. The number of ether oxygens (including phenoxy) is 2. The number of nitrogens with one attached hydrogen (secondary N) is 2. The first-order chi connectivity index (χ1) is 36.5. The number of H-pyrrole nitrogens is 1. The van der Waals surface area contributed by atoms with Gasteiger partial charge in [0.25, 0.3) is 11.5 Å². The van der Waals surface area contributed by atoms with Gasteiger partial charge in [0, 0.05) is 107 Å². The number of benzene rings is 4. The van der Waals surface area contributed by atoms with Gasteiger partial charge < -0.3 is 34.4 Å². The fourth-order valence-corrected chi connectivity index (χ4v) is 10.7. The molecule has 75 heavy (non-hydrogen) atoms. The fourth-order valence-electron chi connectivity index (χ4n) is 10.7. The molecule has 4 saturated heterocycles. The molecule has 4 fully saturated rings. The van der Waals surface area contributed by atoms with Crippen LogP contribution in [0.15, 0.2) is 102 Å². The summed E-state index contributed by atoms with van der Waals surface area (Å²) >= 11 is 0. The van der Waals surface area contributed by atoms with Gasteiger partial charge in [0.05, 0.1) is 48.1 Å². The maximum absolute atomic E-state index is 15.1. The average Bonchev–Trinajstić information content (AvgIpc) is 3.43. The van der Waals surface area contributed by atoms with E-state index in [4.69, 9.17) is 9.47 Å². The van der Waals surface area contributed by atoms with Crippen molar-refractivity contribution in [1.82, 2.24) is 45.3 Å². The molecule has 6 aromatic rings. The predicted octanol–water partition coefficient (Wildman–Crippen LogP) is 6.44. The minimum Gasteiger partial charge on any atom is -0.456 e. The van der Waals surface area contributed by atoms with Crippen LogP contribution in [0.2, 0.25) is 0 Å². The number of aromatic nitrogens is 4. The van der Waals surface area contributed by atoms with Gasteiger partial charge in [0.15, 0.2) is 11.6 Å². The second-order valence-corrected chi connectivity index (χ2v) is 19.9. The van der Waals surface area contributed by atoms with Crippen molar-refractivity contribution in [2.45, 2.75) is 69.6 Å². The Morgan fingerprint density at radius 1 is 0.707 bits per heavy atom. The molecule has 0 aliphatic carbocycles. The van der Waals surface area contributed by atoms with Crippen molar-refractivity contribution in [3.05, 3.63) is 153 Å². The van der Waals surface area contributed by atoms with Crippen LogP contribution in [0.1, 0.15) is 77.2 Å². The molecule has 10 rings (SSSR count). The van der Waals surface area contributed by atoms with Gasteiger partial charge in [0.1, 0.15) is 23.2 Å². The van der Waals surface area contributed by atoms with Gasteiger partial charge in [-0.2, -0.15) is 10.2 Å². The molecular formula is C56H61F3N10O6. The van der Waals surface area contributed by atoms with Crippen molar-refractivity contribution in [3.63, 3.8) is 0 Å². The molecule has 0 saturated carbocycles. The number of amides is 3. The van der Waals surface area contributed by atoms with E-state index in [1.54, 1.807) is 40.3 Å². The van der Waals surface area contributed by atoms with Gasteiger partial charge in [-0.3, -0.25) is 24.1 Å². The van der Waals surface area contributed by atoms with Crippen LogP contribution in [-0.2, 0) is 27.3 Å². The first kappa shape index (κ1) is 51.3. The molecule has 4 aliphatic heterocycles. The quantitative estimate of drug-likeness (QED) is 0.116. The normalized spacial score (nSPS) is 18.1. The molecule has 2 N–H and O–H groups in total. The molecule has 392 valence electrons. The molecule has 1 atom stereocenters. The van der Waals surface area contributed by atoms with E-state index in [-0.39, 0.29) is 54.2 Å². The summed E-state index contributed by atoms with van der Waals surface area (Å²) < 4.78 is 55.4. The number of aromatic amines is 1. The highest BCUT2D eigenvalue weighted by Gasteiger charge is 2.31. The SMILES string of the molecule is O=C(CN1CCC(OC2CCN(c3cc(Oc4cccc(C5CCCN(C(=O)CNCc6ccc(F)cc6F)C5)c4)cnn3)CC2)CC1)N1CCN(C(=O)c2cc(Cc3n[nH]c(=O)c4ccccc34)ccc2F)CC1. The minimum atomic E-state index is -0.641. The van der Waals surface area contributed by atoms with Crippen molar-refractivity contribution < 1.29 is 37.0 Å². The molecule has 0 radical (unpaired) electrons. The zero-order chi connectivity index (χ0) is 51.8. The summed E-state index contributed by atoms with van der Waals surface area (Å²) in [5, 5.41) is 19.7. The molecule has 19 heteroatoms. The van der Waals surface area contributed by atoms with Crippen LogP contribution in [0.5, 0.6) is 11.5 Å².